The third-order valence-corrected chi connectivity index (χ3v) is 5.68. The molecule has 0 aromatic heterocycles. The number of nitrogens with one attached hydrogen (secondary N) is 2. The van der Waals surface area contributed by atoms with E-state index >= 15 is 0 Å². The van der Waals surface area contributed by atoms with Crippen molar-refractivity contribution in [2.24, 2.45) is 0 Å². The van der Waals surface area contributed by atoms with E-state index in [1.54, 1.807) is 31.4 Å². The van der Waals surface area contributed by atoms with Crippen LogP contribution in [0, 0.1) is 13.8 Å². The summed E-state index contributed by atoms with van der Waals surface area (Å²) in [5.74, 6) is 0.789. The molecule has 0 radical (unpaired) electrons. The first-order chi connectivity index (χ1) is 12.9. The van der Waals surface area contributed by atoms with Crippen molar-refractivity contribution in [3.05, 3.63) is 77.9 Å². The van der Waals surface area contributed by atoms with E-state index < -0.39 is 10.0 Å². The predicted molar refractivity (Wildman–Crippen MR) is 109 cm³/mol. The van der Waals surface area contributed by atoms with Crippen LogP contribution in [0.15, 0.2) is 71.6 Å². The third-order valence-electron chi connectivity index (χ3n) is 4.30. The van der Waals surface area contributed by atoms with Crippen molar-refractivity contribution in [2.45, 2.75) is 18.7 Å². The predicted octanol–water partition coefficient (Wildman–Crippen LogP) is 4.86. The second-order valence-corrected chi connectivity index (χ2v) is 7.96. The second kappa shape index (κ2) is 7.72. The van der Waals surface area contributed by atoms with Gasteiger partial charge in [0.1, 0.15) is 5.75 Å². The molecule has 0 unspecified atom stereocenters. The van der Waals surface area contributed by atoms with Gasteiger partial charge in [-0.3, -0.25) is 4.72 Å². The molecule has 0 aliphatic heterocycles. The first kappa shape index (κ1) is 18.8. The summed E-state index contributed by atoms with van der Waals surface area (Å²) in [5, 5.41) is 3.26. The highest BCUT2D eigenvalue weighted by atomic mass is 32.2. The smallest absolute Gasteiger partial charge is 0.261 e. The molecule has 0 heterocycles. The highest BCUT2D eigenvalue weighted by Gasteiger charge is 2.14. The molecule has 3 rings (SSSR count). The van der Waals surface area contributed by atoms with Gasteiger partial charge >= 0.3 is 0 Å². The average Bonchev–Trinajstić information content (AvgIpc) is 2.66. The Balaban J connectivity index is 1.71. The topological polar surface area (TPSA) is 67.4 Å². The molecule has 3 aromatic carbocycles. The fraction of sp³-hybridized carbons (Fsp3) is 0.143. The SMILES string of the molecule is COc1ccc(Nc2ccc(NS(=O)(=O)c3ccc(C)c(C)c3)cc2)cc1. The summed E-state index contributed by atoms with van der Waals surface area (Å²) in [5.41, 5.74) is 4.28. The molecule has 0 aliphatic carbocycles. The van der Waals surface area contributed by atoms with E-state index in [1.165, 1.54) is 0 Å². The van der Waals surface area contributed by atoms with Crippen LogP contribution in [0.2, 0.25) is 0 Å². The minimum absolute atomic E-state index is 0.256. The zero-order valence-electron chi connectivity index (χ0n) is 15.5. The van der Waals surface area contributed by atoms with Crippen LogP contribution in [0.4, 0.5) is 17.1 Å². The number of rotatable bonds is 6. The molecule has 140 valence electrons. The molecule has 3 aromatic rings. The first-order valence-electron chi connectivity index (χ1n) is 8.48. The van der Waals surface area contributed by atoms with E-state index in [4.69, 9.17) is 4.74 Å². The molecule has 27 heavy (non-hydrogen) atoms. The van der Waals surface area contributed by atoms with Crippen LogP contribution in [-0.2, 0) is 10.0 Å². The number of benzene rings is 3. The summed E-state index contributed by atoms with van der Waals surface area (Å²) in [4.78, 5) is 0.256. The minimum atomic E-state index is -3.62. The van der Waals surface area contributed by atoms with Crippen molar-refractivity contribution in [1.29, 1.82) is 0 Å². The van der Waals surface area contributed by atoms with Gasteiger partial charge < -0.3 is 10.1 Å². The monoisotopic (exact) mass is 382 g/mol. The Kier molecular flexibility index (Phi) is 5.37. The normalized spacial score (nSPS) is 11.1. The van der Waals surface area contributed by atoms with Crippen LogP contribution in [-0.4, -0.2) is 15.5 Å². The summed E-state index contributed by atoms with van der Waals surface area (Å²) in [7, 11) is -1.99. The van der Waals surface area contributed by atoms with E-state index in [1.807, 2.05) is 56.3 Å². The molecule has 0 saturated heterocycles. The Morgan fingerprint density at radius 2 is 1.30 bits per heavy atom. The summed E-state index contributed by atoms with van der Waals surface area (Å²) in [6.45, 7) is 3.85. The van der Waals surface area contributed by atoms with Crippen LogP contribution >= 0.6 is 0 Å². The van der Waals surface area contributed by atoms with Gasteiger partial charge in [0.25, 0.3) is 10.0 Å². The third kappa shape index (κ3) is 4.60. The molecule has 0 saturated carbocycles. The second-order valence-electron chi connectivity index (χ2n) is 6.28. The van der Waals surface area contributed by atoms with Gasteiger partial charge in [0.2, 0.25) is 0 Å². The van der Waals surface area contributed by atoms with Crippen molar-refractivity contribution < 1.29 is 13.2 Å². The minimum Gasteiger partial charge on any atom is -0.497 e. The first-order valence-corrected chi connectivity index (χ1v) is 9.97. The molecule has 0 aliphatic rings. The number of aryl methyl sites for hydroxylation is 2. The van der Waals surface area contributed by atoms with Gasteiger partial charge in [0, 0.05) is 17.1 Å². The maximum atomic E-state index is 12.6. The van der Waals surface area contributed by atoms with Crippen LogP contribution in [0.1, 0.15) is 11.1 Å². The number of ether oxygens (including phenoxy) is 1. The van der Waals surface area contributed by atoms with Crippen LogP contribution in [0.25, 0.3) is 0 Å². The quantitative estimate of drug-likeness (QED) is 0.639. The fourth-order valence-corrected chi connectivity index (χ4v) is 3.70. The lowest BCUT2D eigenvalue weighted by Crippen LogP contribution is -2.13. The largest absolute Gasteiger partial charge is 0.497 e. The van der Waals surface area contributed by atoms with Gasteiger partial charge in [-0.15, -0.1) is 0 Å². The summed E-state index contributed by atoms with van der Waals surface area (Å²) >= 11 is 0. The number of anilines is 3. The summed E-state index contributed by atoms with van der Waals surface area (Å²) < 4.78 is 32.9. The van der Waals surface area contributed by atoms with E-state index in [0.717, 1.165) is 28.3 Å². The lowest BCUT2D eigenvalue weighted by molar-refractivity contribution is 0.415. The van der Waals surface area contributed by atoms with Gasteiger partial charge in [-0.05, 0) is 85.6 Å². The van der Waals surface area contributed by atoms with Crippen LogP contribution < -0.4 is 14.8 Å². The molecule has 0 fully saturated rings. The molecule has 5 nitrogen and oxygen atoms in total. The Morgan fingerprint density at radius 3 is 1.85 bits per heavy atom. The van der Waals surface area contributed by atoms with Crippen molar-refractivity contribution in [1.82, 2.24) is 0 Å². The van der Waals surface area contributed by atoms with E-state index in [0.29, 0.717) is 5.69 Å². The molecule has 0 atom stereocenters. The van der Waals surface area contributed by atoms with E-state index in [9.17, 15) is 8.42 Å². The fourth-order valence-electron chi connectivity index (χ4n) is 2.56. The number of sulfonamides is 1. The van der Waals surface area contributed by atoms with Crippen LogP contribution in [0.5, 0.6) is 5.75 Å². The van der Waals surface area contributed by atoms with Crippen molar-refractivity contribution >= 4 is 27.1 Å². The van der Waals surface area contributed by atoms with E-state index in [-0.39, 0.29) is 4.90 Å². The Morgan fingerprint density at radius 1 is 0.741 bits per heavy atom. The molecule has 2 N–H and O–H groups in total. The number of hydrogen-bond acceptors (Lipinski definition) is 4. The number of methoxy groups -OCH3 is 1. The highest BCUT2D eigenvalue weighted by Crippen LogP contribution is 2.23. The summed E-state index contributed by atoms with van der Waals surface area (Å²) in [6.07, 6.45) is 0. The van der Waals surface area contributed by atoms with Gasteiger partial charge in [-0.2, -0.15) is 0 Å². The van der Waals surface area contributed by atoms with Gasteiger partial charge in [0.05, 0.1) is 12.0 Å². The molecule has 0 bridgehead atoms. The Labute approximate surface area is 160 Å². The molecule has 0 spiro atoms. The standard InChI is InChI=1S/C21H22N2O3S/c1-15-4-13-21(14-16(15)2)27(24,25)23-19-7-5-17(6-8-19)22-18-9-11-20(26-3)12-10-18/h4-14,22-23H,1-3H3. The average molecular weight is 382 g/mol. The lowest BCUT2D eigenvalue weighted by atomic mass is 10.1. The molecular formula is C21H22N2O3S. The van der Waals surface area contributed by atoms with Crippen molar-refractivity contribution in [3.63, 3.8) is 0 Å². The lowest BCUT2D eigenvalue weighted by Gasteiger charge is -2.11. The van der Waals surface area contributed by atoms with Gasteiger partial charge in [0.15, 0.2) is 0 Å². The maximum absolute atomic E-state index is 12.6. The van der Waals surface area contributed by atoms with Crippen LogP contribution in [0.3, 0.4) is 0 Å². The van der Waals surface area contributed by atoms with E-state index in [2.05, 4.69) is 10.0 Å². The zero-order chi connectivity index (χ0) is 19.4. The molecule has 0 amide bonds. The van der Waals surface area contributed by atoms with Gasteiger partial charge in [-0.25, -0.2) is 8.42 Å². The molecular weight excluding hydrogens is 360 g/mol. The van der Waals surface area contributed by atoms with Gasteiger partial charge in [-0.1, -0.05) is 6.07 Å². The molecule has 6 heteroatoms. The van der Waals surface area contributed by atoms with Crippen molar-refractivity contribution in [2.75, 3.05) is 17.1 Å². The number of hydrogen-bond donors (Lipinski definition) is 2. The van der Waals surface area contributed by atoms with Crippen molar-refractivity contribution in [3.8, 4) is 5.75 Å². The zero-order valence-corrected chi connectivity index (χ0v) is 16.3. The highest BCUT2D eigenvalue weighted by molar-refractivity contribution is 7.92. The maximum Gasteiger partial charge on any atom is 0.261 e. The Bertz CT molecular complexity index is 1030. The Hall–Kier alpha value is -2.99. The summed E-state index contributed by atoms with van der Waals surface area (Å²) in [6, 6.07) is 19.8.